The molecular formula is C10H21NO. The molecule has 2 nitrogen and oxygen atoms in total. The van der Waals surface area contributed by atoms with Crippen molar-refractivity contribution in [2.24, 2.45) is 0 Å². The first-order chi connectivity index (χ1) is 5.52. The van der Waals surface area contributed by atoms with Crippen LogP contribution in [0, 0.1) is 0 Å². The molecule has 12 heavy (non-hydrogen) atoms. The second-order valence-corrected chi connectivity index (χ2v) is 4.51. The topological polar surface area (TPSA) is 12.5 Å². The van der Waals surface area contributed by atoms with E-state index >= 15 is 0 Å². The maximum absolute atomic E-state index is 5.94. The maximum atomic E-state index is 5.94. The highest BCUT2D eigenvalue weighted by molar-refractivity contribution is 4.82. The van der Waals surface area contributed by atoms with E-state index in [0.717, 1.165) is 6.54 Å². The number of nitrogens with zero attached hydrogens (tertiary/aromatic N) is 1. The van der Waals surface area contributed by atoms with Crippen molar-refractivity contribution in [2.45, 2.75) is 44.8 Å². The van der Waals surface area contributed by atoms with Crippen LogP contribution in [0.5, 0.6) is 0 Å². The van der Waals surface area contributed by atoms with Gasteiger partial charge >= 0.3 is 0 Å². The average Bonchev–Trinajstić information content (AvgIpc) is 1.82. The molecule has 1 aliphatic heterocycles. The minimum Gasteiger partial charge on any atom is -0.371 e. The summed E-state index contributed by atoms with van der Waals surface area (Å²) in [4.78, 5) is 2.21. The predicted molar refractivity (Wildman–Crippen MR) is 51.4 cm³/mol. The summed E-state index contributed by atoms with van der Waals surface area (Å²) in [5.41, 5.74) is 0.0984. The fourth-order valence-electron chi connectivity index (χ4n) is 2.15. The first-order valence-corrected chi connectivity index (χ1v) is 4.84. The van der Waals surface area contributed by atoms with Crippen LogP contribution in [-0.2, 0) is 4.74 Å². The van der Waals surface area contributed by atoms with Crippen LogP contribution in [0.25, 0.3) is 0 Å². The van der Waals surface area contributed by atoms with Crippen LogP contribution in [0.2, 0.25) is 0 Å². The zero-order chi connectivity index (χ0) is 9.19. The van der Waals surface area contributed by atoms with E-state index in [9.17, 15) is 0 Å². The van der Waals surface area contributed by atoms with Crippen LogP contribution in [0.4, 0.5) is 0 Å². The summed E-state index contributed by atoms with van der Waals surface area (Å²) >= 11 is 0. The van der Waals surface area contributed by atoms with E-state index in [1.165, 1.54) is 19.3 Å². The molecule has 2 unspecified atom stereocenters. The first kappa shape index (κ1) is 10.0. The van der Waals surface area contributed by atoms with Gasteiger partial charge in [-0.05, 0) is 47.2 Å². The Balaban J connectivity index is 2.45. The minimum absolute atomic E-state index is 0.0984. The largest absolute Gasteiger partial charge is 0.371 e. The van der Waals surface area contributed by atoms with Gasteiger partial charge in [-0.1, -0.05) is 0 Å². The molecule has 0 saturated carbocycles. The van der Waals surface area contributed by atoms with Gasteiger partial charge in [-0.2, -0.15) is 0 Å². The Bertz CT molecular complexity index is 143. The summed E-state index contributed by atoms with van der Waals surface area (Å²) in [6.45, 7) is 5.44. The first-order valence-electron chi connectivity index (χ1n) is 4.84. The lowest BCUT2D eigenvalue weighted by Gasteiger charge is -2.39. The lowest BCUT2D eigenvalue weighted by Crippen LogP contribution is -2.44. The van der Waals surface area contributed by atoms with Gasteiger partial charge in [0.25, 0.3) is 0 Å². The molecule has 0 bridgehead atoms. The second kappa shape index (κ2) is 3.75. The van der Waals surface area contributed by atoms with Crippen molar-refractivity contribution in [3.8, 4) is 0 Å². The molecule has 0 spiro atoms. The Morgan fingerprint density at radius 1 is 1.50 bits per heavy atom. The predicted octanol–water partition coefficient (Wildman–Crippen LogP) is 1.90. The van der Waals surface area contributed by atoms with Gasteiger partial charge in [0.1, 0.15) is 0 Å². The lowest BCUT2D eigenvalue weighted by molar-refractivity contribution is -0.118. The van der Waals surface area contributed by atoms with E-state index in [1.807, 2.05) is 0 Å². The lowest BCUT2D eigenvalue weighted by atomic mass is 9.93. The fraction of sp³-hybridized carbons (Fsp3) is 1.00. The number of rotatable bonds is 2. The Morgan fingerprint density at radius 2 is 2.17 bits per heavy atom. The SMILES string of the molecule is CC1CCCC(C)(CN(C)C)O1. The van der Waals surface area contributed by atoms with Crippen LogP contribution in [0.15, 0.2) is 0 Å². The van der Waals surface area contributed by atoms with Gasteiger partial charge in [-0.3, -0.25) is 0 Å². The summed E-state index contributed by atoms with van der Waals surface area (Å²) in [6, 6.07) is 0. The molecule has 0 N–H and O–H groups in total. The zero-order valence-corrected chi connectivity index (χ0v) is 8.76. The molecule has 2 atom stereocenters. The van der Waals surface area contributed by atoms with Crippen molar-refractivity contribution < 1.29 is 4.74 Å². The van der Waals surface area contributed by atoms with E-state index in [0.29, 0.717) is 6.10 Å². The van der Waals surface area contributed by atoms with Gasteiger partial charge in [0, 0.05) is 6.54 Å². The molecule has 0 radical (unpaired) electrons. The van der Waals surface area contributed by atoms with Crippen molar-refractivity contribution in [3.05, 3.63) is 0 Å². The molecule has 2 heteroatoms. The van der Waals surface area contributed by atoms with Crippen LogP contribution in [0.3, 0.4) is 0 Å². The van der Waals surface area contributed by atoms with Crippen LogP contribution in [-0.4, -0.2) is 37.2 Å². The molecule has 1 saturated heterocycles. The van der Waals surface area contributed by atoms with Gasteiger partial charge < -0.3 is 9.64 Å². The third kappa shape index (κ3) is 2.76. The van der Waals surface area contributed by atoms with Crippen molar-refractivity contribution >= 4 is 0 Å². The molecule has 1 heterocycles. The molecule has 1 fully saturated rings. The van der Waals surface area contributed by atoms with E-state index in [1.54, 1.807) is 0 Å². The Hall–Kier alpha value is -0.0800. The summed E-state index contributed by atoms with van der Waals surface area (Å²) in [5, 5.41) is 0. The summed E-state index contributed by atoms with van der Waals surface area (Å²) in [5.74, 6) is 0. The third-order valence-electron chi connectivity index (χ3n) is 2.45. The summed E-state index contributed by atoms with van der Waals surface area (Å²) in [7, 11) is 4.21. The summed E-state index contributed by atoms with van der Waals surface area (Å²) < 4.78 is 5.94. The van der Waals surface area contributed by atoms with E-state index in [4.69, 9.17) is 4.74 Å². The molecule has 1 rings (SSSR count). The molecule has 0 amide bonds. The Kier molecular flexibility index (Phi) is 3.13. The molecule has 0 aromatic carbocycles. The van der Waals surface area contributed by atoms with Crippen molar-refractivity contribution in [1.82, 2.24) is 4.90 Å². The average molecular weight is 171 g/mol. The molecule has 0 aliphatic carbocycles. The third-order valence-corrected chi connectivity index (χ3v) is 2.45. The van der Waals surface area contributed by atoms with Crippen molar-refractivity contribution in [2.75, 3.05) is 20.6 Å². The smallest absolute Gasteiger partial charge is 0.0784 e. The Morgan fingerprint density at radius 3 is 2.67 bits per heavy atom. The van der Waals surface area contributed by atoms with Gasteiger partial charge in [-0.15, -0.1) is 0 Å². The van der Waals surface area contributed by atoms with E-state index in [-0.39, 0.29) is 5.60 Å². The number of hydrogen-bond donors (Lipinski definition) is 0. The standard InChI is InChI=1S/C10H21NO/c1-9-6-5-7-10(2,12-9)8-11(3)4/h9H,5-8H2,1-4H3. The minimum atomic E-state index is 0.0984. The molecule has 1 aliphatic rings. The number of likely N-dealkylation sites (N-methyl/N-ethyl adjacent to an activating group) is 1. The van der Waals surface area contributed by atoms with Gasteiger partial charge in [0.2, 0.25) is 0 Å². The zero-order valence-electron chi connectivity index (χ0n) is 8.76. The van der Waals surface area contributed by atoms with Crippen LogP contribution < -0.4 is 0 Å². The monoisotopic (exact) mass is 171 g/mol. The maximum Gasteiger partial charge on any atom is 0.0784 e. The van der Waals surface area contributed by atoms with Gasteiger partial charge in [-0.25, -0.2) is 0 Å². The quantitative estimate of drug-likeness (QED) is 0.629. The molecular weight excluding hydrogens is 150 g/mol. The highest BCUT2D eigenvalue weighted by Crippen LogP contribution is 2.28. The normalized spacial score (nSPS) is 37.2. The number of hydrogen-bond acceptors (Lipinski definition) is 2. The molecule has 72 valence electrons. The fourth-order valence-corrected chi connectivity index (χ4v) is 2.15. The highest BCUT2D eigenvalue weighted by Gasteiger charge is 2.31. The molecule has 0 aromatic heterocycles. The van der Waals surface area contributed by atoms with Gasteiger partial charge in [0.05, 0.1) is 11.7 Å². The highest BCUT2D eigenvalue weighted by atomic mass is 16.5. The van der Waals surface area contributed by atoms with Gasteiger partial charge in [0.15, 0.2) is 0 Å². The van der Waals surface area contributed by atoms with Crippen LogP contribution in [0.1, 0.15) is 33.1 Å². The van der Waals surface area contributed by atoms with Crippen molar-refractivity contribution in [1.29, 1.82) is 0 Å². The molecule has 0 aromatic rings. The second-order valence-electron chi connectivity index (χ2n) is 4.51. The van der Waals surface area contributed by atoms with E-state index < -0.39 is 0 Å². The van der Waals surface area contributed by atoms with Crippen molar-refractivity contribution in [3.63, 3.8) is 0 Å². The van der Waals surface area contributed by atoms with E-state index in [2.05, 4.69) is 32.8 Å². The number of ether oxygens (including phenoxy) is 1. The summed E-state index contributed by atoms with van der Waals surface area (Å²) in [6.07, 6.45) is 4.19. The Labute approximate surface area is 75.9 Å². The van der Waals surface area contributed by atoms with Crippen LogP contribution >= 0.6 is 0 Å².